The molecule has 0 saturated carbocycles. The zero-order valence-electron chi connectivity index (χ0n) is 28.6. The maximum atomic E-state index is 13.4. The van der Waals surface area contributed by atoms with Crippen LogP contribution in [-0.2, 0) is 6.54 Å². The Morgan fingerprint density at radius 3 is 2.11 bits per heavy atom. The molecule has 2 N–H and O–H groups in total. The van der Waals surface area contributed by atoms with Gasteiger partial charge in [-0.15, -0.1) is 0 Å². The summed E-state index contributed by atoms with van der Waals surface area (Å²) in [6.07, 6.45) is 6.03. The van der Waals surface area contributed by atoms with Gasteiger partial charge in [0.15, 0.2) is 0 Å². The molecule has 0 bridgehead atoms. The molecule has 3 aromatic rings. The maximum absolute atomic E-state index is 13.4. The number of hydrogen-bond acceptors (Lipinski definition) is 6. The topological polar surface area (TPSA) is 87.3 Å². The Kier molecular flexibility index (Phi) is 10.9. The van der Waals surface area contributed by atoms with E-state index in [1.807, 2.05) is 18.7 Å². The summed E-state index contributed by atoms with van der Waals surface area (Å²) in [5, 5.41) is 0. The maximum Gasteiger partial charge on any atom is 0.257 e. The first-order chi connectivity index (χ1) is 21.7. The van der Waals surface area contributed by atoms with Crippen LogP contribution in [-0.4, -0.2) is 98.3 Å². The number of hydrogen-bond donors (Lipinski definition) is 0. The van der Waals surface area contributed by atoms with Gasteiger partial charge in [-0.05, 0) is 90.4 Å². The predicted octanol–water partition coefficient (Wildman–Crippen LogP) is 5.23. The molecule has 8 heteroatoms. The molecule has 0 unspecified atom stereocenters. The minimum Gasteiger partial charge on any atom is -0.412 e. The molecule has 6 rings (SSSR count). The van der Waals surface area contributed by atoms with Gasteiger partial charge in [0.25, 0.3) is 5.91 Å². The number of nitrogens with zero attached hydrogens (tertiary/aromatic N) is 6. The second-order valence-corrected chi connectivity index (χ2v) is 14.2. The molecule has 248 valence electrons. The fourth-order valence-electron chi connectivity index (χ4n) is 8.21. The molecule has 3 aliphatic heterocycles. The van der Waals surface area contributed by atoms with Gasteiger partial charge in [-0.2, -0.15) is 0 Å². The van der Waals surface area contributed by atoms with Crippen LogP contribution in [0, 0.1) is 26.7 Å². The average Bonchev–Trinajstić information content (AvgIpc) is 3.04. The lowest BCUT2D eigenvalue weighted by Gasteiger charge is -2.54. The highest BCUT2D eigenvalue weighted by molar-refractivity contribution is 5.96. The fourth-order valence-corrected chi connectivity index (χ4v) is 8.21. The Bertz CT molecular complexity index is 1410. The third-order valence-electron chi connectivity index (χ3n) is 11.1. The molecule has 2 aromatic carbocycles. The SMILES string of the molecule is Cc1ccc(CN2CCC([C@H](c3ccccc3)N3CCN(C4(C)CCN(C(=O)c5c(C)ncnc5C)CC4)C[C@@H]3C)CC2)cc1.O. The van der Waals surface area contributed by atoms with Crippen molar-refractivity contribution in [3.8, 4) is 0 Å². The van der Waals surface area contributed by atoms with Crippen LogP contribution in [0.4, 0.5) is 0 Å². The number of rotatable bonds is 7. The Hall–Kier alpha value is -3.17. The number of piperazine rings is 1. The van der Waals surface area contributed by atoms with Crippen molar-refractivity contribution in [2.75, 3.05) is 45.8 Å². The Labute approximate surface area is 276 Å². The van der Waals surface area contributed by atoms with Crippen LogP contribution in [0.15, 0.2) is 60.9 Å². The van der Waals surface area contributed by atoms with Crippen molar-refractivity contribution in [2.45, 2.75) is 84.5 Å². The first-order valence-electron chi connectivity index (χ1n) is 17.1. The van der Waals surface area contributed by atoms with E-state index in [0.29, 0.717) is 23.6 Å². The molecule has 3 fully saturated rings. The zero-order chi connectivity index (χ0) is 31.6. The Morgan fingerprint density at radius 1 is 0.870 bits per heavy atom. The first kappa shape index (κ1) is 34.2. The van der Waals surface area contributed by atoms with E-state index in [1.165, 1.54) is 29.5 Å². The highest BCUT2D eigenvalue weighted by atomic mass is 16.2. The summed E-state index contributed by atoms with van der Waals surface area (Å²) >= 11 is 0. The van der Waals surface area contributed by atoms with Gasteiger partial charge in [0.05, 0.1) is 17.0 Å². The van der Waals surface area contributed by atoms with Crippen molar-refractivity contribution in [1.29, 1.82) is 0 Å². The summed E-state index contributed by atoms with van der Waals surface area (Å²) in [6.45, 7) is 19.0. The van der Waals surface area contributed by atoms with Crippen molar-refractivity contribution in [3.63, 3.8) is 0 Å². The van der Waals surface area contributed by atoms with Crippen LogP contribution < -0.4 is 0 Å². The normalized spacial score (nSPS) is 22.3. The summed E-state index contributed by atoms with van der Waals surface area (Å²) in [5.74, 6) is 0.746. The second kappa shape index (κ2) is 14.7. The average molecular weight is 627 g/mol. The van der Waals surface area contributed by atoms with E-state index in [9.17, 15) is 4.79 Å². The smallest absolute Gasteiger partial charge is 0.257 e. The number of likely N-dealkylation sites (tertiary alicyclic amines) is 2. The molecule has 1 aromatic heterocycles. The van der Waals surface area contributed by atoms with E-state index in [2.05, 4.69) is 100 Å². The third kappa shape index (κ3) is 7.36. The standard InChI is InChI=1S/C38H52N6O.H2O/c1-28-11-13-32(14-12-28)26-41-19-15-34(16-20-41)36(33-9-7-6-8-10-33)44-24-23-43(25-29(44)2)38(5)17-21-42(22-18-38)37(45)35-30(3)39-27-40-31(35)4;/h6-14,27,29,34,36H,15-26H2,1-5H3;1H2/t29-,36-;/m0./s1. The predicted molar refractivity (Wildman–Crippen MR) is 185 cm³/mol. The molecular weight excluding hydrogens is 572 g/mol. The van der Waals surface area contributed by atoms with E-state index < -0.39 is 0 Å². The van der Waals surface area contributed by atoms with Gasteiger partial charge in [-0.25, -0.2) is 9.97 Å². The van der Waals surface area contributed by atoms with Crippen LogP contribution in [0.5, 0.6) is 0 Å². The largest absolute Gasteiger partial charge is 0.412 e. The highest BCUT2D eigenvalue weighted by Crippen LogP contribution is 2.40. The zero-order valence-corrected chi connectivity index (χ0v) is 28.6. The van der Waals surface area contributed by atoms with Gasteiger partial charge >= 0.3 is 0 Å². The number of piperidine rings is 2. The summed E-state index contributed by atoms with van der Waals surface area (Å²) in [4.78, 5) is 32.3. The molecule has 0 radical (unpaired) electrons. The van der Waals surface area contributed by atoms with Gasteiger partial charge in [-0.1, -0.05) is 60.2 Å². The van der Waals surface area contributed by atoms with Crippen molar-refractivity contribution in [1.82, 2.24) is 29.6 Å². The molecular formula is C38H54N6O2. The van der Waals surface area contributed by atoms with Crippen LogP contribution in [0.2, 0.25) is 0 Å². The van der Waals surface area contributed by atoms with Gasteiger partial charge < -0.3 is 10.4 Å². The number of aryl methyl sites for hydroxylation is 3. The first-order valence-corrected chi connectivity index (χ1v) is 17.1. The highest BCUT2D eigenvalue weighted by Gasteiger charge is 2.43. The number of carbonyl (C=O) groups excluding carboxylic acids is 1. The molecule has 46 heavy (non-hydrogen) atoms. The summed E-state index contributed by atoms with van der Waals surface area (Å²) in [7, 11) is 0. The van der Waals surface area contributed by atoms with Crippen molar-refractivity contribution in [2.24, 2.45) is 5.92 Å². The lowest BCUT2D eigenvalue weighted by molar-refractivity contribution is -0.0439. The van der Waals surface area contributed by atoms with Gasteiger partial charge in [0.2, 0.25) is 0 Å². The van der Waals surface area contributed by atoms with Gasteiger partial charge in [0, 0.05) is 56.9 Å². The summed E-state index contributed by atoms with van der Waals surface area (Å²) in [6, 6.07) is 21.3. The molecule has 0 spiro atoms. The molecule has 4 heterocycles. The van der Waals surface area contributed by atoms with E-state index in [4.69, 9.17) is 0 Å². The molecule has 8 nitrogen and oxygen atoms in total. The van der Waals surface area contributed by atoms with Crippen LogP contribution >= 0.6 is 0 Å². The van der Waals surface area contributed by atoms with Gasteiger partial charge in [0.1, 0.15) is 6.33 Å². The molecule has 3 saturated heterocycles. The Balaban J connectivity index is 0.00000417. The number of amides is 1. The van der Waals surface area contributed by atoms with Crippen molar-refractivity contribution in [3.05, 3.63) is 94.6 Å². The minimum atomic E-state index is 0. The van der Waals surface area contributed by atoms with Crippen LogP contribution in [0.1, 0.15) is 84.0 Å². The molecule has 3 aliphatic rings. The number of carbonyl (C=O) groups is 1. The molecule has 2 atom stereocenters. The quantitative estimate of drug-likeness (QED) is 0.357. The molecule has 1 amide bonds. The van der Waals surface area contributed by atoms with Crippen LogP contribution in [0.25, 0.3) is 0 Å². The van der Waals surface area contributed by atoms with E-state index in [1.54, 1.807) is 6.33 Å². The van der Waals surface area contributed by atoms with Crippen molar-refractivity contribution >= 4 is 5.91 Å². The van der Waals surface area contributed by atoms with E-state index in [-0.39, 0.29) is 16.9 Å². The Morgan fingerprint density at radius 2 is 1.50 bits per heavy atom. The molecule has 0 aliphatic carbocycles. The monoisotopic (exact) mass is 626 g/mol. The van der Waals surface area contributed by atoms with E-state index >= 15 is 0 Å². The van der Waals surface area contributed by atoms with Gasteiger partial charge in [-0.3, -0.25) is 19.5 Å². The summed E-state index contributed by atoms with van der Waals surface area (Å²) in [5.41, 5.74) is 6.56. The lowest BCUT2D eigenvalue weighted by atomic mass is 9.82. The number of aromatic nitrogens is 2. The number of benzene rings is 2. The van der Waals surface area contributed by atoms with E-state index in [0.717, 1.165) is 76.6 Å². The second-order valence-electron chi connectivity index (χ2n) is 14.2. The summed E-state index contributed by atoms with van der Waals surface area (Å²) < 4.78 is 0. The van der Waals surface area contributed by atoms with Crippen LogP contribution in [0.3, 0.4) is 0 Å². The van der Waals surface area contributed by atoms with Crippen molar-refractivity contribution < 1.29 is 10.3 Å². The third-order valence-corrected chi connectivity index (χ3v) is 11.1. The lowest BCUT2D eigenvalue weighted by Crippen LogP contribution is -2.63. The minimum absolute atomic E-state index is 0. The fraction of sp³-hybridized carbons (Fsp3) is 0.553.